The summed E-state index contributed by atoms with van der Waals surface area (Å²) in [6, 6.07) is 19.4. The largest absolute Gasteiger partial charge is 0.438 e. The van der Waals surface area contributed by atoms with Crippen LogP contribution in [0.25, 0.3) is 31.9 Å². The molecule has 5 aromatic rings. The smallest absolute Gasteiger partial charge is 0.228 e. The van der Waals surface area contributed by atoms with Crippen LogP contribution in [0.2, 0.25) is 0 Å². The minimum absolute atomic E-state index is 0.548. The molecule has 2 aromatic carbocycles. The zero-order valence-corrected chi connectivity index (χ0v) is 14.3. The lowest BCUT2D eigenvalue weighted by Crippen LogP contribution is -1.91. The maximum Gasteiger partial charge on any atom is 0.228 e. The SMILES string of the molecule is N#Cc1ccc2c(c1)nc(Oc1ccc3ncccc3c1)c1ccsc12. The van der Waals surface area contributed by atoms with Gasteiger partial charge in [0.2, 0.25) is 5.88 Å². The zero-order chi connectivity index (χ0) is 17.5. The molecule has 26 heavy (non-hydrogen) atoms. The average Bonchev–Trinajstić information content (AvgIpc) is 3.18. The van der Waals surface area contributed by atoms with Crippen molar-refractivity contribution in [3.8, 4) is 17.7 Å². The van der Waals surface area contributed by atoms with Crippen LogP contribution >= 0.6 is 11.3 Å². The normalized spacial score (nSPS) is 11.0. The number of hydrogen-bond donors (Lipinski definition) is 0. The number of aromatic nitrogens is 2. The molecule has 122 valence electrons. The van der Waals surface area contributed by atoms with Crippen LogP contribution in [0.4, 0.5) is 0 Å². The molecular formula is C21H11N3OS. The van der Waals surface area contributed by atoms with E-state index in [4.69, 9.17) is 10.00 Å². The number of hydrogen-bond acceptors (Lipinski definition) is 5. The van der Waals surface area contributed by atoms with Gasteiger partial charge < -0.3 is 4.74 Å². The number of ether oxygens (including phenoxy) is 1. The van der Waals surface area contributed by atoms with Crippen molar-refractivity contribution in [1.82, 2.24) is 9.97 Å². The highest BCUT2D eigenvalue weighted by molar-refractivity contribution is 7.18. The fourth-order valence-electron chi connectivity index (χ4n) is 3.05. The van der Waals surface area contributed by atoms with Crippen LogP contribution in [0, 0.1) is 11.3 Å². The van der Waals surface area contributed by atoms with Crippen LogP contribution in [-0.4, -0.2) is 9.97 Å². The van der Waals surface area contributed by atoms with Gasteiger partial charge in [0.05, 0.1) is 28.1 Å². The molecule has 0 saturated heterocycles. The number of benzene rings is 2. The third-order valence-corrected chi connectivity index (χ3v) is 5.23. The number of nitrogens with zero attached hydrogens (tertiary/aromatic N) is 3. The van der Waals surface area contributed by atoms with Crippen LogP contribution in [0.15, 0.2) is 66.2 Å². The lowest BCUT2D eigenvalue weighted by atomic mass is 10.1. The highest BCUT2D eigenvalue weighted by Crippen LogP contribution is 2.37. The van der Waals surface area contributed by atoms with E-state index in [1.165, 1.54) is 0 Å². The number of rotatable bonds is 2. The summed E-state index contributed by atoms with van der Waals surface area (Å²) in [5.74, 6) is 1.26. The summed E-state index contributed by atoms with van der Waals surface area (Å²) in [4.78, 5) is 9.01. The summed E-state index contributed by atoms with van der Waals surface area (Å²) in [5, 5.41) is 14.2. The average molecular weight is 353 g/mol. The van der Waals surface area contributed by atoms with Crippen molar-refractivity contribution >= 4 is 43.2 Å². The van der Waals surface area contributed by atoms with Crippen molar-refractivity contribution in [2.75, 3.05) is 0 Å². The van der Waals surface area contributed by atoms with Gasteiger partial charge in [0.15, 0.2) is 0 Å². The Morgan fingerprint density at radius 3 is 2.85 bits per heavy atom. The quantitative estimate of drug-likeness (QED) is 0.411. The number of nitriles is 1. The second-order valence-electron chi connectivity index (χ2n) is 5.88. The molecule has 0 N–H and O–H groups in total. The number of pyridine rings is 2. The highest BCUT2D eigenvalue weighted by atomic mass is 32.1. The first-order valence-electron chi connectivity index (χ1n) is 8.05. The first kappa shape index (κ1) is 14.8. The Kier molecular flexibility index (Phi) is 3.30. The van der Waals surface area contributed by atoms with Gasteiger partial charge in [0, 0.05) is 21.7 Å². The van der Waals surface area contributed by atoms with Crippen molar-refractivity contribution in [3.63, 3.8) is 0 Å². The van der Waals surface area contributed by atoms with Gasteiger partial charge in [0.25, 0.3) is 0 Å². The Hall–Kier alpha value is -3.49. The molecule has 0 amide bonds. The van der Waals surface area contributed by atoms with Gasteiger partial charge in [-0.05, 0) is 47.8 Å². The lowest BCUT2D eigenvalue weighted by Gasteiger charge is -2.09. The molecule has 0 saturated carbocycles. The summed E-state index contributed by atoms with van der Waals surface area (Å²) in [5.41, 5.74) is 2.27. The van der Waals surface area contributed by atoms with E-state index < -0.39 is 0 Å². The third-order valence-electron chi connectivity index (χ3n) is 4.28. The van der Waals surface area contributed by atoms with E-state index in [0.717, 1.165) is 31.9 Å². The Balaban J connectivity index is 1.68. The summed E-state index contributed by atoms with van der Waals surface area (Å²) < 4.78 is 7.23. The molecule has 4 nitrogen and oxygen atoms in total. The molecule has 0 spiro atoms. The maximum absolute atomic E-state index is 9.16. The molecule has 0 bridgehead atoms. The molecule has 3 heterocycles. The van der Waals surface area contributed by atoms with E-state index in [1.807, 2.05) is 53.9 Å². The molecule has 0 aliphatic rings. The number of thiophene rings is 1. The van der Waals surface area contributed by atoms with Crippen LogP contribution < -0.4 is 4.74 Å². The maximum atomic E-state index is 9.16. The fraction of sp³-hybridized carbons (Fsp3) is 0. The first-order valence-corrected chi connectivity index (χ1v) is 8.93. The second kappa shape index (κ2) is 5.80. The van der Waals surface area contributed by atoms with Crippen molar-refractivity contribution in [1.29, 1.82) is 5.26 Å². The van der Waals surface area contributed by atoms with Gasteiger partial charge in [0.1, 0.15) is 5.75 Å². The molecule has 0 aliphatic heterocycles. The molecule has 0 radical (unpaired) electrons. The van der Waals surface area contributed by atoms with Crippen LogP contribution in [0.5, 0.6) is 11.6 Å². The van der Waals surface area contributed by atoms with Gasteiger partial charge in [-0.1, -0.05) is 12.1 Å². The van der Waals surface area contributed by atoms with E-state index in [0.29, 0.717) is 17.2 Å². The van der Waals surface area contributed by atoms with Crippen molar-refractivity contribution in [3.05, 3.63) is 71.7 Å². The molecule has 3 aromatic heterocycles. The topological polar surface area (TPSA) is 58.8 Å². The Labute approximate surface area is 152 Å². The Morgan fingerprint density at radius 2 is 1.92 bits per heavy atom. The monoisotopic (exact) mass is 353 g/mol. The van der Waals surface area contributed by atoms with Crippen molar-refractivity contribution < 1.29 is 4.74 Å². The Morgan fingerprint density at radius 1 is 0.962 bits per heavy atom. The van der Waals surface area contributed by atoms with E-state index >= 15 is 0 Å². The second-order valence-corrected chi connectivity index (χ2v) is 6.80. The van der Waals surface area contributed by atoms with Gasteiger partial charge >= 0.3 is 0 Å². The number of fused-ring (bicyclic) bond motifs is 4. The molecule has 5 rings (SSSR count). The molecule has 0 fully saturated rings. The predicted molar refractivity (Wildman–Crippen MR) is 104 cm³/mol. The van der Waals surface area contributed by atoms with E-state index in [-0.39, 0.29) is 0 Å². The summed E-state index contributed by atoms with van der Waals surface area (Å²) in [7, 11) is 0. The molecule has 0 atom stereocenters. The molecular weight excluding hydrogens is 342 g/mol. The standard InChI is InChI=1S/C21H11N3OS/c22-12-13-3-5-16-19(10-13)24-21(17-7-9-26-20(16)17)25-15-4-6-18-14(11-15)2-1-8-23-18/h1-11H. The van der Waals surface area contributed by atoms with Crippen LogP contribution in [-0.2, 0) is 0 Å². The summed E-state index contributed by atoms with van der Waals surface area (Å²) >= 11 is 1.64. The van der Waals surface area contributed by atoms with Gasteiger partial charge in [-0.2, -0.15) is 5.26 Å². The van der Waals surface area contributed by atoms with Crippen molar-refractivity contribution in [2.45, 2.75) is 0 Å². The third kappa shape index (κ3) is 2.36. The van der Waals surface area contributed by atoms with E-state index in [9.17, 15) is 0 Å². The molecule has 0 unspecified atom stereocenters. The van der Waals surface area contributed by atoms with Crippen LogP contribution in [0.1, 0.15) is 5.56 Å². The predicted octanol–water partition coefficient (Wildman–Crippen LogP) is 5.66. The minimum Gasteiger partial charge on any atom is -0.438 e. The summed E-state index contributed by atoms with van der Waals surface area (Å²) in [6.45, 7) is 0. The molecule has 5 heteroatoms. The van der Waals surface area contributed by atoms with E-state index in [1.54, 1.807) is 23.6 Å². The van der Waals surface area contributed by atoms with E-state index in [2.05, 4.69) is 16.0 Å². The van der Waals surface area contributed by atoms with Crippen molar-refractivity contribution in [2.24, 2.45) is 0 Å². The van der Waals surface area contributed by atoms with Gasteiger partial charge in [-0.25, -0.2) is 4.98 Å². The molecule has 0 aliphatic carbocycles. The Bertz CT molecular complexity index is 1330. The minimum atomic E-state index is 0.548. The summed E-state index contributed by atoms with van der Waals surface area (Å²) in [6.07, 6.45) is 1.77. The zero-order valence-electron chi connectivity index (χ0n) is 13.5. The van der Waals surface area contributed by atoms with Gasteiger partial charge in [-0.3, -0.25) is 4.98 Å². The fourth-order valence-corrected chi connectivity index (χ4v) is 3.97. The highest BCUT2D eigenvalue weighted by Gasteiger charge is 2.12. The van der Waals surface area contributed by atoms with Crippen LogP contribution in [0.3, 0.4) is 0 Å². The first-order chi connectivity index (χ1) is 12.8. The van der Waals surface area contributed by atoms with Gasteiger partial charge in [-0.15, -0.1) is 11.3 Å². The lowest BCUT2D eigenvalue weighted by molar-refractivity contribution is 0.472.